The van der Waals surface area contributed by atoms with Gasteiger partial charge in [0.25, 0.3) is 0 Å². The smallest absolute Gasteiger partial charge is 0.0376 e. The third kappa shape index (κ3) is 6.73. The molecule has 1 aromatic rings. The highest BCUT2D eigenvalue weighted by molar-refractivity contribution is 6.20. The number of rotatable bonds is 8. The third-order valence-electron chi connectivity index (χ3n) is 3.20. The van der Waals surface area contributed by atoms with Gasteiger partial charge in [-0.2, -0.15) is 0 Å². The van der Waals surface area contributed by atoms with Crippen molar-refractivity contribution in [2.24, 2.45) is 0 Å². The van der Waals surface area contributed by atoms with E-state index in [2.05, 4.69) is 38.1 Å². The predicted octanol–water partition coefficient (Wildman–Crippen LogP) is 5.51. The molecule has 96 valence electrons. The standard InChI is InChI=1S/C16H25Cl/c1-3-4-5-6-7-8-16(17)13-15-11-9-14(2)10-12-15/h9-12,16H,3-8,13H2,1-2H3. The van der Waals surface area contributed by atoms with Gasteiger partial charge in [-0.15, -0.1) is 11.6 Å². The maximum atomic E-state index is 6.37. The Morgan fingerprint density at radius 1 is 1.00 bits per heavy atom. The van der Waals surface area contributed by atoms with Crippen LogP contribution in [0.1, 0.15) is 56.6 Å². The van der Waals surface area contributed by atoms with Gasteiger partial charge >= 0.3 is 0 Å². The van der Waals surface area contributed by atoms with Crippen LogP contribution in [0.15, 0.2) is 24.3 Å². The Morgan fingerprint density at radius 2 is 1.65 bits per heavy atom. The summed E-state index contributed by atoms with van der Waals surface area (Å²) in [6.45, 7) is 4.37. The zero-order chi connectivity index (χ0) is 12.5. The number of aryl methyl sites for hydroxylation is 1. The van der Waals surface area contributed by atoms with Crippen LogP contribution in [0.25, 0.3) is 0 Å². The van der Waals surface area contributed by atoms with Crippen molar-refractivity contribution in [3.05, 3.63) is 35.4 Å². The summed E-state index contributed by atoms with van der Waals surface area (Å²) in [5, 5.41) is 0.305. The van der Waals surface area contributed by atoms with Gasteiger partial charge < -0.3 is 0 Å². The van der Waals surface area contributed by atoms with Crippen LogP contribution < -0.4 is 0 Å². The second kappa shape index (κ2) is 8.58. The molecular formula is C16H25Cl. The summed E-state index contributed by atoms with van der Waals surface area (Å²) in [6, 6.07) is 8.73. The van der Waals surface area contributed by atoms with Gasteiger partial charge in [0, 0.05) is 5.38 Å². The molecule has 0 fully saturated rings. The molecule has 0 aliphatic rings. The minimum Gasteiger partial charge on any atom is -0.123 e. The number of benzene rings is 1. The lowest BCUT2D eigenvalue weighted by Crippen LogP contribution is -2.03. The monoisotopic (exact) mass is 252 g/mol. The van der Waals surface area contributed by atoms with Crippen LogP contribution in [-0.4, -0.2) is 5.38 Å². The molecular weight excluding hydrogens is 228 g/mol. The van der Waals surface area contributed by atoms with Gasteiger partial charge in [0.05, 0.1) is 0 Å². The maximum absolute atomic E-state index is 6.37. The Morgan fingerprint density at radius 3 is 2.29 bits per heavy atom. The first-order valence-electron chi connectivity index (χ1n) is 6.92. The molecule has 0 saturated carbocycles. The fraction of sp³-hybridized carbons (Fsp3) is 0.625. The van der Waals surface area contributed by atoms with Gasteiger partial charge in [0.2, 0.25) is 0 Å². The SMILES string of the molecule is CCCCCCCC(Cl)Cc1ccc(C)cc1. The van der Waals surface area contributed by atoms with Crippen LogP contribution in [0.4, 0.5) is 0 Å². The van der Waals surface area contributed by atoms with Crippen molar-refractivity contribution in [1.29, 1.82) is 0 Å². The molecule has 0 N–H and O–H groups in total. The number of unbranched alkanes of at least 4 members (excludes halogenated alkanes) is 4. The van der Waals surface area contributed by atoms with Crippen molar-refractivity contribution in [3.8, 4) is 0 Å². The van der Waals surface area contributed by atoms with Crippen LogP contribution in [0, 0.1) is 6.92 Å². The molecule has 1 unspecified atom stereocenters. The van der Waals surface area contributed by atoms with Crippen LogP contribution in [0.3, 0.4) is 0 Å². The minimum atomic E-state index is 0.305. The second-order valence-corrected chi connectivity index (χ2v) is 5.61. The normalized spacial score (nSPS) is 12.6. The van der Waals surface area contributed by atoms with E-state index < -0.39 is 0 Å². The van der Waals surface area contributed by atoms with Crippen LogP contribution in [0.5, 0.6) is 0 Å². The molecule has 0 aliphatic heterocycles. The molecule has 1 rings (SSSR count). The summed E-state index contributed by atoms with van der Waals surface area (Å²) in [7, 11) is 0. The summed E-state index contributed by atoms with van der Waals surface area (Å²) in [6.07, 6.45) is 8.82. The zero-order valence-corrected chi connectivity index (χ0v) is 12.0. The lowest BCUT2D eigenvalue weighted by atomic mass is 10.0. The Bertz CT molecular complexity index is 289. The molecule has 1 atom stereocenters. The molecule has 1 heteroatoms. The van der Waals surface area contributed by atoms with Gasteiger partial charge in [-0.25, -0.2) is 0 Å². The largest absolute Gasteiger partial charge is 0.123 e. The van der Waals surface area contributed by atoms with E-state index in [4.69, 9.17) is 11.6 Å². The highest BCUT2D eigenvalue weighted by Crippen LogP contribution is 2.16. The highest BCUT2D eigenvalue weighted by atomic mass is 35.5. The Balaban J connectivity index is 2.16. The molecule has 17 heavy (non-hydrogen) atoms. The van der Waals surface area contributed by atoms with Crippen molar-refractivity contribution in [3.63, 3.8) is 0 Å². The van der Waals surface area contributed by atoms with E-state index in [9.17, 15) is 0 Å². The van der Waals surface area contributed by atoms with Crippen molar-refractivity contribution in [2.75, 3.05) is 0 Å². The maximum Gasteiger partial charge on any atom is 0.0376 e. The number of alkyl halides is 1. The minimum absolute atomic E-state index is 0.305. The summed E-state index contributed by atoms with van der Waals surface area (Å²) >= 11 is 6.37. The molecule has 0 saturated heterocycles. The molecule has 0 aliphatic carbocycles. The van der Waals surface area contributed by atoms with Gasteiger partial charge in [-0.05, 0) is 25.3 Å². The van der Waals surface area contributed by atoms with E-state index in [0.29, 0.717) is 5.38 Å². The van der Waals surface area contributed by atoms with Crippen molar-refractivity contribution in [1.82, 2.24) is 0 Å². The summed E-state index contributed by atoms with van der Waals surface area (Å²) in [4.78, 5) is 0. The first kappa shape index (κ1) is 14.6. The lowest BCUT2D eigenvalue weighted by Gasteiger charge is -2.09. The van der Waals surface area contributed by atoms with Gasteiger partial charge in [-0.3, -0.25) is 0 Å². The third-order valence-corrected chi connectivity index (χ3v) is 3.57. The fourth-order valence-corrected chi connectivity index (χ4v) is 2.38. The van der Waals surface area contributed by atoms with Crippen molar-refractivity contribution >= 4 is 11.6 Å². The van der Waals surface area contributed by atoms with Crippen LogP contribution in [-0.2, 0) is 6.42 Å². The van der Waals surface area contributed by atoms with E-state index in [1.807, 2.05) is 0 Å². The molecule has 0 bridgehead atoms. The number of halogens is 1. The van der Waals surface area contributed by atoms with Crippen LogP contribution >= 0.6 is 11.6 Å². The molecule has 1 aromatic carbocycles. The van der Waals surface area contributed by atoms with Gasteiger partial charge in [0.1, 0.15) is 0 Å². The average Bonchev–Trinajstić information content (AvgIpc) is 2.32. The Labute approximate surface area is 111 Å². The van der Waals surface area contributed by atoms with E-state index >= 15 is 0 Å². The Hall–Kier alpha value is -0.490. The fourth-order valence-electron chi connectivity index (χ4n) is 2.05. The number of hydrogen-bond acceptors (Lipinski definition) is 0. The molecule has 0 aromatic heterocycles. The molecule has 0 radical (unpaired) electrons. The van der Waals surface area contributed by atoms with Crippen molar-refractivity contribution in [2.45, 2.75) is 64.2 Å². The van der Waals surface area contributed by atoms with Crippen LogP contribution in [0.2, 0.25) is 0 Å². The van der Waals surface area contributed by atoms with Crippen molar-refractivity contribution < 1.29 is 0 Å². The average molecular weight is 253 g/mol. The second-order valence-electron chi connectivity index (χ2n) is 4.99. The van der Waals surface area contributed by atoms with Gasteiger partial charge in [0.15, 0.2) is 0 Å². The first-order valence-corrected chi connectivity index (χ1v) is 7.35. The summed E-state index contributed by atoms with van der Waals surface area (Å²) in [5.41, 5.74) is 2.68. The lowest BCUT2D eigenvalue weighted by molar-refractivity contribution is 0.593. The molecule has 0 amide bonds. The van der Waals surface area contributed by atoms with E-state index in [1.165, 1.54) is 43.2 Å². The molecule has 0 heterocycles. The topological polar surface area (TPSA) is 0 Å². The number of hydrogen-bond donors (Lipinski definition) is 0. The zero-order valence-electron chi connectivity index (χ0n) is 11.2. The molecule has 0 nitrogen and oxygen atoms in total. The Kier molecular flexibility index (Phi) is 7.35. The summed E-state index contributed by atoms with van der Waals surface area (Å²) in [5.74, 6) is 0. The summed E-state index contributed by atoms with van der Waals surface area (Å²) < 4.78 is 0. The quantitative estimate of drug-likeness (QED) is 0.423. The highest BCUT2D eigenvalue weighted by Gasteiger charge is 2.05. The predicted molar refractivity (Wildman–Crippen MR) is 77.9 cm³/mol. The van der Waals surface area contributed by atoms with E-state index in [0.717, 1.165) is 12.8 Å². The molecule has 0 spiro atoms. The van der Waals surface area contributed by atoms with E-state index in [-0.39, 0.29) is 0 Å². The van der Waals surface area contributed by atoms with E-state index in [1.54, 1.807) is 0 Å². The van der Waals surface area contributed by atoms with Gasteiger partial charge in [-0.1, -0.05) is 68.9 Å². The first-order chi connectivity index (χ1) is 8.22.